The smallest absolute Gasteiger partial charge is 0.220 e. The van der Waals surface area contributed by atoms with Gasteiger partial charge >= 0.3 is 0 Å². The van der Waals surface area contributed by atoms with Gasteiger partial charge in [0.25, 0.3) is 0 Å². The van der Waals surface area contributed by atoms with E-state index in [-0.39, 0.29) is 18.3 Å². The molecule has 4 nitrogen and oxygen atoms in total. The molecule has 0 heterocycles. The SMILES string of the molecule is COCCC(C)(O)CNC(=O)CCSc1ccc(F)cc1. The van der Waals surface area contributed by atoms with Gasteiger partial charge in [0.05, 0.1) is 5.60 Å². The molecule has 0 spiro atoms. The number of nitrogens with one attached hydrogen (secondary N) is 1. The number of halogens is 1. The summed E-state index contributed by atoms with van der Waals surface area (Å²) in [6.45, 7) is 2.32. The van der Waals surface area contributed by atoms with Gasteiger partial charge in [0, 0.05) is 43.8 Å². The molecule has 1 unspecified atom stereocenters. The Morgan fingerprint density at radius 2 is 2.10 bits per heavy atom. The molecule has 21 heavy (non-hydrogen) atoms. The summed E-state index contributed by atoms with van der Waals surface area (Å²) in [6.07, 6.45) is 0.816. The molecule has 1 amide bonds. The molecule has 2 N–H and O–H groups in total. The Bertz CT molecular complexity index is 437. The van der Waals surface area contributed by atoms with Crippen molar-refractivity contribution in [2.45, 2.75) is 30.3 Å². The molecule has 1 rings (SSSR count). The molecule has 0 saturated heterocycles. The lowest BCUT2D eigenvalue weighted by Crippen LogP contribution is -2.41. The van der Waals surface area contributed by atoms with Crippen LogP contribution in [0, 0.1) is 5.82 Å². The van der Waals surface area contributed by atoms with E-state index in [1.807, 2.05) is 0 Å². The summed E-state index contributed by atoms with van der Waals surface area (Å²) < 4.78 is 17.6. The second-order valence-corrected chi connectivity index (χ2v) is 6.24. The lowest BCUT2D eigenvalue weighted by molar-refractivity contribution is -0.122. The number of ether oxygens (including phenoxy) is 1. The van der Waals surface area contributed by atoms with Crippen molar-refractivity contribution in [3.8, 4) is 0 Å². The number of rotatable bonds is 9. The summed E-state index contributed by atoms with van der Waals surface area (Å²) >= 11 is 1.49. The number of hydrogen-bond donors (Lipinski definition) is 2. The van der Waals surface area contributed by atoms with Crippen molar-refractivity contribution in [3.63, 3.8) is 0 Å². The van der Waals surface area contributed by atoms with E-state index in [0.717, 1.165) is 4.90 Å². The zero-order valence-electron chi connectivity index (χ0n) is 12.4. The lowest BCUT2D eigenvalue weighted by atomic mass is 10.0. The number of carbonyl (C=O) groups is 1. The van der Waals surface area contributed by atoms with Crippen LogP contribution in [0.3, 0.4) is 0 Å². The molecule has 0 saturated carbocycles. The van der Waals surface area contributed by atoms with E-state index in [0.29, 0.717) is 25.2 Å². The molecule has 118 valence electrons. The normalized spacial score (nSPS) is 13.7. The highest BCUT2D eigenvalue weighted by molar-refractivity contribution is 7.99. The summed E-state index contributed by atoms with van der Waals surface area (Å²) in [5.74, 6) is 0.232. The summed E-state index contributed by atoms with van der Waals surface area (Å²) in [5.41, 5.74) is -0.963. The predicted molar refractivity (Wildman–Crippen MR) is 81.9 cm³/mol. The molecule has 1 aromatic carbocycles. The van der Waals surface area contributed by atoms with Gasteiger partial charge in [0.15, 0.2) is 0 Å². The lowest BCUT2D eigenvalue weighted by Gasteiger charge is -2.23. The quantitative estimate of drug-likeness (QED) is 0.686. The molecule has 0 aliphatic rings. The standard InChI is InChI=1S/C15H22FNO3S/c1-15(19,8-9-20-2)11-17-14(18)7-10-21-13-5-3-12(16)4-6-13/h3-6,19H,7-11H2,1-2H3,(H,17,18). The van der Waals surface area contributed by atoms with Crippen LogP contribution in [0.5, 0.6) is 0 Å². The fraction of sp³-hybridized carbons (Fsp3) is 0.533. The van der Waals surface area contributed by atoms with E-state index in [4.69, 9.17) is 4.74 Å². The Balaban J connectivity index is 2.20. The van der Waals surface area contributed by atoms with Crippen LogP contribution in [0.15, 0.2) is 29.2 Å². The van der Waals surface area contributed by atoms with Crippen molar-refractivity contribution in [2.75, 3.05) is 26.0 Å². The van der Waals surface area contributed by atoms with Gasteiger partial charge < -0.3 is 15.2 Å². The number of amides is 1. The average molecular weight is 315 g/mol. The van der Waals surface area contributed by atoms with E-state index in [2.05, 4.69) is 5.32 Å². The van der Waals surface area contributed by atoms with Crippen molar-refractivity contribution in [3.05, 3.63) is 30.1 Å². The molecule has 0 bridgehead atoms. The number of hydrogen-bond acceptors (Lipinski definition) is 4. The Morgan fingerprint density at radius 3 is 2.71 bits per heavy atom. The maximum Gasteiger partial charge on any atom is 0.220 e. The summed E-state index contributed by atoms with van der Waals surface area (Å²) in [6, 6.07) is 6.17. The first-order valence-electron chi connectivity index (χ1n) is 6.79. The molecular formula is C15H22FNO3S. The van der Waals surface area contributed by atoms with Crippen LogP contribution in [-0.4, -0.2) is 42.6 Å². The number of methoxy groups -OCH3 is 1. The Kier molecular flexibility index (Phi) is 7.71. The Labute approximate surface area is 129 Å². The zero-order valence-corrected chi connectivity index (χ0v) is 13.2. The summed E-state index contributed by atoms with van der Waals surface area (Å²) in [4.78, 5) is 12.6. The van der Waals surface area contributed by atoms with E-state index in [9.17, 15) is 14.3 Å². The van der Waals surface area contributed by atoms with Gasteiger partial charge in [0.1, 0.15) is 5.82 Å². The highest BCUT2D eigenvalue weighted by Gasteiger charge is 2.20. The minimum Gasteiger partial charge on any atom is -0.388 e. The highest BCUT2D eigenvalue weighted by atomic mass is 32.2. The number of thioether (sulfide) groups is 1. The molecule has 0 radical (unpaired) electrons. The maximum absolute atomic E-state index is 12.7. The van der Waals surface area contributed by atoms with Gasteiger partial charge in [-0.2, -0.15) is 0 Å². The van der Waals surface area contributed by atoms with Crippen LogP contribution in [0.4, 0.5) is 4.39 Å². The Morgan fingerprint density at radius 1 is 1.43 bits per heavy atom. The van der Waals surface area contributed by atoms with Crippen molar-refractivity contribution in [1.29, 1.82) is 0 Å². The molecule has 1 atom stereocenters. The van der Waals surface area contributed by atoms with Gasteiger partial charge in [-0.25, -0.2) is 4.39 Å². The van der Waals surface area contributed by atoms with Gasteiger partial charge in [-0.3, -0.25) is 4.79 Å². The number of carbonyl (C=O) groups excluding carboxylic acids is 1. The molecule has 0 aromatic heterocycles. The third kappa shape index (κ3) is 8.04. The predicted octanol–water partition coefficient (Wildman–Crippen LogP) is 2.21. The van der Waals surface area contributed by atoms with E-state index >= 15 is 0 Å². The molecular weight excluding hydrogens is 293 g/mol. The van der Waals surface area contributed by atoms with Crippen molar-refractivity contribution in [1.82, 2.24) is 5.32 Å². The summed E-state index contributed by atoms with van der Waals surface area (Å²) in [7, 11) is 1.57. The zero-order chi connectivity index (χ0) is 15.7. The Hall–Kier alpha value is -1.11. The third-order valence-corrected chi connectivity index (χ3v) is 3.94. The highest BCUT2D eigenvalue weighted by Crippen LogP contribution is 2.18. The van der Waals surface area contributed by atoms with E-state index < -0.39 is 5.60 Å². The van der Waals surface area contributed by atoms with Gasteiger partial charge in [-0.15, -0.1) is 11.8 Å². The first-order valence-corrected chi connectivity index (χ1v) is 7.78. The second kappa shape index (κ2) is 9.02. The first kappa shape index (κ1) is 17.9. The monoisotopic (exact) mass is 315 g/mol. The summed E-state index contributed by atoms with van der Waals surface area (Å²) in [5, 5.41) is 12.7. The van der Waals surface area contributed by atoms with Crippen LogP contribution in [0.2, 0.25) is 0 Å². The van der Waals surface area contributed by atoms with Crippen molar-refractivity contribution < 1.29 is 19.0 Å². The largest absolute Gasteiger partial charge is 0.388 e. The fourth-order valence-electron chi connectivity index (χ4n) is 1.58. The van der Waals surface area contributed by atoms with Gasteiger partial charge in [0.2, 0.25) is 5.91 Å². The fourth-order valence-corrected chi connectivity index (χ4v) is 2.43. The third-order valence-electron chi connectivity index (χ3n) is 2.92. The van der Waals surface area contributed by atoms with Gasteiger partial charge in [-0.1, -0.05) is 0 Å². The van der Waals surface area contributed by atoms with Gasteiger partial charge in [-0.05, 0) is 31.2 Å². The number of aliphatic hydroxyl groups is 1. The molecule has 0 fully saturated rings. The number of benzene rings is 1. The van der Waals surface area contributed by atoms with Crippen molar-refractivity contribution in [2.24, 2.45) is 0 Å². The van der Waals surface area contributed by atoms with Crippen LogP contribution in [0.1, 0.15) is 19.8 Å². The minimum atomic E-state index is -0.963. The maximum atomic E-state index is 12.7. The average Bonchev–Trinajstić information content (AvgIpc) is 2.45. The van der Waals surface area contributed by atoms with Crippen molar-refractivity contribution >= 4 is 17.7 Å². The molecule has 0 aliphatic carbocycles. The molecule has 1 aromatic rings. The van der Waals surface area contributed by atoms with E-state index in [1.54, 1.807) is 26.2 Å². The minimum absolute atomic E-state index is 0.109. The van der Waals surface area contributed by atoms with Crippen LogP contribution >= 0.6 is 11.8 Å². The topological polar surface area (TPSA) is 58.6 Å². The van der Waals surface area contributed by atoms with E-state index in [1.165, 1.54) is 23.9 Å². The second-order valence-electron chi connectivity index (χ2n) is 5.07. The van der Waals surface area contributed by atoms with Crippen LogP contribution < -0.4 is 5.32 Å². The molecule has 6 heteroatoms. The van der Waals surface area contributed by atoms with Crippen LogP contribution in [-0.2, 0) is 9.53 Å². The molecule has 0 aliphatic heterocycles. The van der Waals surface area contributed by atoms with Crippen LogP contribution in [0.25, 0.3) is 0 Å². The first-order chi connectivity index (χ1) is 9.93.